The molecule has 1 nitrogen and oxygen atoms in total. The maximum absolute atomic E-state index is 12.6. The Morgan fingerprint density at radius 3 is 2.55 bits per heavy atom. The van der Waals surface area contributed by atoms with Gasteiger partial charge in [-0.2, -0.15) is 13.2 Å². The lowest BCUT2D eigenvalue weighted by atomic mass is 9.97. The molecule has 1 aromatic rings. The van der Waals surface area contributed by atoms with Crippen LogP contribution in [0.5, 0.6) is 0 Å². The van der Waals surface area contributed by atoms with E-state index in [-0.39, 0.29) is 12.2 Å². The maximum atomic E-state index is 12.6. The Labute approximate surface area is 117 Å². The highest BCUT2D eigenvalue weighted by atomic mass is 19.4. The predicted molar refractivity (Wildman–Crippen MR) is 71.3 cm³/mol. The van der Waals surface area contributed by atoms with Crippen LogP contribution in [0.3, 0.4) is 0 Å². The normalized spacial score (nSPS) is 16.6. The van der Waals surface area contributed by atoms with Crippen molar-refractivity contribution in [3.8, 4) is 0 Å². The minimum Gasteiger partial charge on any atom is -0.299 e. The summed E-state index contributed by atoms with van der Waals surface area (Å²) in [5, 5.41) is 0. The molecule has 0 atom stereocenters. The molecule has 4 heteroatoms. The molecule has 0 amide bonds. The van der Waals surface area contributed by atoms with Crippen molar-refractivity contribution < 1.29 is 18.0 Å². The Morgan fingerprint density at radius 1 is 1.20 bits per heavy atom. The van der Waals surface area contributed by atoms with Crippen LogP contribution in [-0.2, 0) is 17.4 Å². The average Bonchev–Trinajstić information content (AvgIpc) is 2.89. The molecule has 1 fully saturated rings. The molecule has 110 valence electrons. The minimum absolute atomic E-state index is 0.0382. The number of Topliss-reactive ketones (excluding diaryl/α,β-unsaturated/α-hetero) is 1. The predicted octanol–water partition coefficient (Wildman–Crippen LogP) is 4.79. The van der Waals surface area contributed by atoms with E-state index in [9.17, 15) is 18.0 Å². The van der Waals surface area contributed by atoms with Crippen molar-refractivity contribution in [1.29, 1.82) is 0 Å². The topological polar surface area (TPSA) is 17.1 Å². The van der Waals surface area contributed by atoms with Crippen LogP contribution in [-0.4, -0.2) is 5.78 Å². The largest absolute Gasteiger partial charge is 0.416 e. The molecule has 1 aliphatic rings. The first-order chi connectivity index (χ1) is 9.45. The van der Waals surface area contributed by atoms with Crippen molar-refractivity contribution in [1.82, 2.24) is 0 Å². The van der Waals surface area contributed by atoms with Gasteiger partial charge in [-0.25, -0.2) is 0 Å². The van der Waals surface area contributed by atoms with Crippen molar-refractivity contribution in [3.05, 3.63) is 35.4 Å². The molecule has 0 radical (unpaired) electrons. The van der Waals surface area contributed by atoms with E-state index >= 15 is 0 Å². The number of carbonyl (C=O) groups excluding carboxylic acids is 1. The molecule has 0 bridgehead atoms. The number of alkyl halides is 3. The van der Waals surface area contributed by atoms with Gasteiger partial charge in [-0.15, -0.1) is 0 Å². The fourth-order valence-corrected chi connectivity index (χ4v) is 2.84. The second-order valence-corrected chi connectivity index (χ2v) is 5.60. The molecule has 1 aliphatic carbocycles. The van der Waals surface area contributed by atoms with Crippen molar-refractivity contribution in [3.63, 3.8) is 0 Å². The second-order valence-electron chi connectivity index (χ2n) is 5.60. The molecular formula is C16H19F3O. The zero-order valence-corrected chi connectivity index (χ0v) is 11.4. The summed E-state index contributed by atoms with van der Waals surface area (Å²) in [7, 11) is 0. The monoisotopic (exact) mass is 284 g/mol. The van der Waals surface area contributed by atoms with E-state index in [2.05, 4.69) is 0 Å². The van der Waals surface area contributed by atoms with Gasteiger partial charge in [-0.05, 0) is 24.0 Å². The fraction of sp³-hybridized carbons (Fsp3) is 0.562. The van der Waals surface area contributed by atoms with Crippen LogP contribution in [0.25, 0.3) is 0 Å². The molecule has 20 heavy (non-hydrogen) atoms. The highest BCUT2D eigenvalue weighted by molar-refractivity contribution is 5.80. The SMILES string of the molecule is O=C(CCC1CCCC1)Cc1cccc(C(F)(F)F)c1. The lowest BCUT2D eigenvalue weighted by Crippen LogP contribution is -2.08. The summed E-state index contributed by atoms with van der Waals surface area (Å²) in [6.07, 6.45) is 2.00. The molecule has 1 saturated carbocycles. The molecule has 1 aromatic carbocycles. The lowest BCUT2D eigenvalue weighted by molar-refractivity contribution is -0.137. The fourth-order valence-electron chi connectivity index (χ4n) is 2.84. The van der Waals surface area contributed by atoms with Gasteiger partial charge in [0.05, 0.1) is 5.56 Å². The van der Waals surface area contributed by atoms with E-state index in [0.717, 1.165) is 18.6 Å². The summed E-state index contributed by atoms with van der Waals surface area (Å²) in [5.74, 6) is 0.677. The van der Waals surface area contributed by atoms with Crippen LogP contribution >= 0.6 is 0 Å². The number of halogens is 3. The van der Waals surface area contributed by atoms with Gasteiger partial charge in [0.15, 0.2) is 0 Å². The zero-order valence-electron chi connectivity index (χ0n) is 11.4. The Morgan fingerprint density at radius 2 is 1.90 bits per heavy atom. The van der Waals surface area contributed by atoms with Crippen molar-refractivity contribution in [2.45, 2.75) is 51.1 Å². The standard InChI is InChI=1S/C16H19F3O/c17-16(18,19)14-7-3-6-13(10-14)11-15(20)9-8-12-4-1-2-5-12/h3,6-7,10,12H,1-2,4-5,8-9,11H2. The van der Waals surface area contributed by atoms with E-state index in [4.69, 9.17) is 0 Å². The molecule has 0 heterocycles. The van der Waals surface area contributed by atoms with Crippen LogP contribution in [0.2, 0.25) is 0 Å². The molecule has 0 N–H and O–H groups in total. The molecule has 0 saturated heterocycles. The number of rotatable bonds is 5. The Balaban J connectivity index is 1.87. The number of ketones is 1. The van der Waals surface area contributed by atoms with Crippen molar-refractivity contribution in [2.75, 3.05) is 0 Å². The number of benzene rings is 1. The van der Waals surface area contributed by atoms with Gasteiger partial charge >= 0.3 is 6.18 Å². The van der Waals surface area contributed by atoms with Crippen molar-refractivity contribution in [2.24, 2.45) is 5.92 Å². The minimum atomic E-state index is -4.34. The Hall–Kier alpha value is -1.32. The number of hydrogen-bond acceptors (Lipinski definition) is 1. The second kappa shape index (κ2) is 6.42. The van der Waals surface area contributed by atoms with Gasteiger partial charge in [-0.3, -0.25) is 4.79 Å². The summed E-state index contributed by atoms with van der Waals surface area (Å²) in [4.78, 5) is 11.8. The van der Waals surface area contributed by atoms with Crippen LogP contribution in [0.15, 0.2) is 24.3 Å². The van der Waals surface area contributed by atoms with E-state index in [0.29, 0.717) is 17.9 Å². The van der Waals surface area contributed by atoms with E-state index in [1.54, 1.807) is 6.07 Å². The molecule has 0 aliphatic heterocycles. The first-order valence-electron chi connectivity index (χ1n) is 7.13. The molecule has 0 spiro atoms. The van der Waals surface area contributed by atoms with Gasteiger partial charge in [0, 0.05) is 12.8 Å². The highest BCUT2D eigenvalue weighted by Gasteiger charge is 2.30. The van der Waals surface area contributed by atoms with Gasteiger partial charge in [0.25, 0.3) is 0 Å². The summed E-state index contributed by atoms with van der Waals surface area (Å²) >= 11 is 0. The summed E-state index contributed by atoms with van der Waals surface area (Å²) in [5.41, 5.74) is -0.227. The average molecular weight is 284 g/mol. The highest BCUT2D eigenvalue weighted by Crippen LogP contribution is 2.30. The third kappa shape index (κ3) is 4.36. The van der Waals surface area contributed by atoms with Crippen LogP contribution < -0.4 is 0 Å². The van der Waals surface area contributed by atoms with Crippen LogP contribution in [0, 0.1) is 5.92 Å². The smallest absolute Gasteiger partial charge is 0.299 e. The van der Waals surface area contributed by atoms with E-state index in [1.807, 2.05) is 0 Å². The Kier molecular flexibility index (Phi) is 4.84. The van der Waals surface area contributed by atoms with Gasteiger partial charge in [-0.1, -0.05) is 43.9 Å². The summed E-state index contributed by atoms with van der Waals surface area (Å²) in [6, 6.07) is 5.06. The molecule has 2 rings (SSSR count). The van der Waals surface area contributed by atoms with E-state index in [1.165, 1.54) is 31.7 Å². The summed E-state index contributed by atoms with van der Waals surface area (Å²) in [6.45, 7) is 0. The molecule has 0 aromatic heterocycles. The van der Waals surface area contributed by atoms with Crippen LogP contribution in [0.1, 0.15) is 49.7 Å². The first kappa shape index (κ1) is 15.1. The van der Waals surface area contributed by atoms with Crippen LogP contribution in [0.4, 0.5) is 13.2 Å². The van der Waals surface area contributed by atoms with Gasteiger partial charge in [0.2, 0.25) is 0 Å². The van der Waals surface area contributed by atoms with Gasteiger partial charge in [0.1, 0.15) is 5.78 Å². The summed E-state index contributed by atoms with van der Waals surface area (Å²) < 4.78 is 37.7. The third-order valence-corrected chi connectivity index (χ3v) is 3.96. The maximum Gasteiger partial charge on any atom is 0.416 e. The van der Waals surface area contributed by atoms with Gasteiger partial charge < -0.3 is 0 Å². The number of hydrogen-bond donors (Lipinski definition) is 0. The lowest BCUT2D eigenvalue weighted by Gasteiger charge is -2.10. The van der Waals surface area contributed by atoms with E-state index < -0.39 is 11.7 Å². The quantitative estimate of drug-likeness (QED) is 0.760. The number of carbonyl (C=O) groups is 1. The zero-order chi connectivity index (χ0) is 14.6. The Bertz CT molecular complexity index is 459. The molecular weight excluding hydrogens is 265 g/mol. The third-order valence-electron chi connectivity index (χ3n) is 3.96. The van der Waals surface area contributed by atoms with Crippen molar-refractivity contribution >= 4 is 5.78 Å². The first-order valence-corrected chi connectivity index (χ1v) is 7.13. The molecule has 0 unspecified atom stereocenters.